The van der Waals surface area contributed by atoms with Gasteiger partial charge in [0.1, 0.15) is 0 Å². The van der Waals surface area contributed by atoms with Gasteiger partial charge in [0.15, 0.2) is 0 Å². The van der Waals surface area contributed by atoms with Gasteiger partial charge in [-0.05, 0) is 24.6 Å². The second-order valence-corrected chi connectivity index (χ2v) is 7.63. The van der Waals surface area contributed by atoms with Crippen LogP contribution in [0.3, 0.4) is 0 Å². The van der Waals surface area contributed by atoms with Gasteiger partial charge in [0, 0.05) is 14.9 Å². The van der Waals surface area contributed by atoms with Gasteiger partial charge < -0.3 is 5.32 Å². The fraction of sp³-hybridized carbons (Fsp3) is 0.462. The third-order valence-corrected chi connectivity index (χ3v) is 3.88. The number of carbonyl (C=O) groups is 1. The molecule has 1 N–H and O–H groups in total. The molecule has 0 aromatic heterocycles. The van der Waals surface area contributed by atoms with Gasteiger partial charge >= 0.3 is 0 Å². The minimum atomic E-state index is 0.0473. The van der Waals surface area contributed by atoms with E-state index < -0.39 is 0 Å². The first-order chi connectivity index (χ1) is 7.78. The van der Waals surface area contributed by atoms with Crippen molar-refractivity contribution in [2.75, 3.05) is 11.1 Å². The molecule has 0 unspecified atom stereocenters. The SMILES string of the molecule is Cc1ccc(Br)cc1NC(=O)CSC(C)(C)C. The fourth-order valence-corrected chi connectivity index (χ4v) is 2.19. The van der Waals surface area contributed by atoms with Gasteiger partial charge in [0.25, 0.3) is 0 Å². The number of hydrogen-bond donors (Lipinski definition) is 1. The van der Waals surface area contributed by atoms with Crippen molar-refractivity contribution in [2.24, 2.45) is 0 Å². The number of amides is 1. The number of halogens is 1. The zero-order valence-electron chi connectivity index (χ0n) is 10.6. The number of rotatable bonds is 3. The summed E-state index contributed by atoms with van der Waals surface area (Å²) in [7, 11) is 0. The Morgan fingerprint density at radius 3 is 2.65 bits per heavy atom. The predicted octanol–water partition coefficient (Wildman–Crippen LogP) is 4.23. The Kier molecular flexibility index (Phi) is 5.07. The quantitative estimate of drug-likeness (QED) is 0.904. The van der Waals surface area contributed by atoms with E-state index in [1.807, 2.05) is 25.1 Å². The number of thioether (sulfide) groups is 1. The van der Waals surface area contributed by atoms with Crippen molar-refractivity contribution in [3.05, 3.63) is 28.2 Å². The zero-order chi connectivity index (χ0) is 13.1. The Bertz CT molecular complexity index is 412. The second kappa shape index (κ2) is 5.91. The minimum absolute atomic E-state index is 0.0473. The Morgan fingerprint density at radius 2 is 2.06 bits per heavy atom. The predicted molar refractivity (Wildman–Crippen MR) is 79.7 cm³/mol. The van der Waals surface area contributed by atoms with Gasteiger partial charge in [-0.25, -0.2) is 0 Å². The number of benzene rings is 1. The lowest BCUT2D eigenvalue weighted by Gasteiger charge is -2.17. The molecule has 0 aliphatic heterocycles. The van der Waals surface area contributed by atoms with Crippen LogP contribution >= 0.6 is 27.7 Å². The Morgan fingerprint density at radius 1 is 1.41 bits per heavy atom. The summed E-state index contributed by atoms with van der Waals surface area (Å²) < 4.78 is 1.09. The molecule has 0 bridgehead atoms. The Labute approximate surface area is 116 Å². The van der Waals surface area contributed by atoms with E-state index in [-0.39, 0.29) is 10.7 Å². The van der Waals surface area contributed by atoms with Crippen molar-refractivity contribution in [1.29, 1.82) is 0 Å². The molecule has 0 saturated carbocycles. The highest BCUT2D eigenvalue weighted by Crippen LogP contribution is 2.24. The van der Waals surface area contributed by atoms with Crippen molar-refractivity contribution in [3.63, 3.8) is 0 Å². The summed E-state index contributed by atoms with van der Waals surface area (Å²) in [5, 5.41) is 2.93. The molecule has 0 heterocycles. The summed E-state index contributed by atoms with van der Waals surface area (Å²) >= 11 is 5.05. The van der Waals surface area contributed by atoms with Gasteiger partial charge in [0.05, 0.1) is 5.75 Å². The number of carbonyl (C=O) groups excluding carboxylic acids is 1. The highest BCUT2D eigenvalue weighted by atomic mass is 79.9. The molecule has 0 radical (unpaired) electrons. The standard InChI is InChI=1S/C13H18BrNOS/c1-9-5-6-10(14)7-11(9)15-12(16)8-17-13(2,3)4/h5-7H,8H2,1-4H3,(H,15,16). The summed E-state index contributed by atoms with van der Waals surface area (Å²) in [6.07, 6.45) is 0. The van der Waals surface area contributed by atoms with Crippen LogP contribution in [0.5, 0.6) is 0 Å². The van der Waals surface area contributed by atoms with E-state index in [0.29, 0.717) is 5.75 Å². The smallest absolute Gasteiger partial charge is 0.234 e. The highest BCUT2D eigenvalue weighted by Gasteiger charge is 2.13. The summed E-state index contributed by atoms with van der Waals surface area (Å²) in [5.41, 5.74) is 1.95. The molecule has 1 rings (SSSR count). The molecule has 2 nitrogen and oxygen atoms in total. The van der Waals surface area contributed by atoms with E-state index in [0.717, 1.165) is 15.7 Å². The normalized spacial score (nSPS) is 11.4. The number of hydrogen-bond acceptors (Lipinski definition) is 2. The molecule has 0 aliphatic rings. The first kappa shape index (κ1) is 14.6. The van der Waals surface area contributed by atoms with Gasteiger partial charge in [-0.2, -0.15) is 0 Å². The third kappa shape index (κ3) is 5.59. The Balaban J connectivity index is 2.59. The van der Waals surface area contributed by atoms with Crippen molar-refractivity contribution in [1.82, 2.24) is 0 Å². The molecule has 0 aliphatic carbocycles. The number of nitrogens with one attached hydrogen (secondary N) is 1. The third-order valence-electron chi connectivity index (χ3n) is 2.11. The maximum absolute atomic E-state index is 11.8. The highest BCUT2D eigenvalue weighted by molar-refractivity contribution is 9.10. The van der Waals surface area contributed by atoms with Crippen molar-refractivity contribution in [3.8, 4) is 0 Å². The molecular weight excluding hydrogens is 298 g/mol. The van der Waals surface area contributed by atoms with E-state index in [1.54, 1.807) is 11.8 Å². The lowest BCUT2D eigenvalue weighted by molar-refractivity contribution is -0.113. The summed E-state index contributed by atoms with van der Waals surface area (Å²) in [6.45, 7) is 8.30. The molecule has 17 heavy (non-hydrogen) atoms. The van der Waals surface area contributed by atoms with E-state index >= 15 is 0 Å². The maximum Gasteiger partial charge on any atom is 0.234 e. The lowest BCUT2D eigenvalue weighted by atomic mass is 10.2. The van der Waals surface area contributed by atoms with Crippen molar-refractivity contribution < 1.29 is 4.79 Å². The molecule has 0 atom stereocenters. The van der Waals surface area contributed by atoms with Gasteiger partial charge in [-0.1, -0.05) is 42.8 Å². The van der Waals surface area contributed by atoms with Crippen LogP contribution in [-0.2, 0) is 4.79 Å². The maximum atomic E-state index is 11.8. The van der Waals surface area contributed by atoms with E-state index in [4.69, 9.17) is 0 Å². The lowest BCUT2D eigenvalue weighted by Crippen LogP contribution is -2.19. The first-order valence-corrected chi connectivity index (χ1v) is 7.26. The van der Waals surface area contributed by atoms with Crippen LogP contribution in [0, 0.1) is 6.92 Å². The average molecular weight is 316 g/mol. The molecule has 4 heteroatoms. The van der Waals surface area contributed by atoms with Gasteiger partial charge in [-0.3, -0.25) is 4.79 Å². The van der Waals surface area contributed by atoms with Gasteiger partial charge in [-0.15, -0.1) is 11.8 Å². The fourth-order valence-electron chi connectivity index (χ4n) is 1.20. The van der Waals surface area contributed by atoms with Crippen LogP contribution in [0.2, 0.25) is 0 Å². The number of aryl methyl sites for hydroxylation is 1. The molecule has 0 fully saturated rings. The molecule has 0 saturated heterocycles. The topological polar surface area (TPSA) is 29.1 Å². The van der Waals surface area contributed by atoms with Crippen molar-refractivity contribution in [2.45, 2.75) is 32.4 Å². The van der Waals surface area contributed by atoms with E-state index in [1.165, 1.54) is 0 Å². The summed E-state index contributed by atoms with van der Waals surface area (Å²) in [5.74, 6) is 0.529. The average Bonchev–Trinajstić information content (AvgIpc) is 2.20. The monoisotopic (exact) mass is 315 g/mol. The molecule has 1 amide bonds. The van der Waals surface area contributed by atoms with Crippen LogP contribution in [0.1, 0.15) is 26.3 Å². The number of anilines is 1. The zero-order valence-corrected chi connectivity index (χ0v) is 13.0. The van der Waals surface area contributed by atoms with Crippen molar-refractivity contribution >= 4 is 39.3 Å². The van der Waals surface area contributed by atoms with Crippen LogP contribution in [0.25, 0.3) is 0 Å². The van der Waals surface area contributed by atoms with Crippen LogP contribution < -0.4 is 5.32 Å². The molecule has 94 valence electrons. The largest absolute Gasteiger partial charge is 0.325 e. The minimum Gasteiger partial charge on any atom is -0.325 e. The van der Waals surface area contributed by atoms with Crippen LogP contribution in [0.15, 0.2) is 22.7 Å². The summed E-state index contributed by atoms with van der Waals surface area (Å²) in [6, 6.07) is 5.88. The van der Waals surface area contributed by atoms with Crippen LogP contribution in [-0.4, -0.2) is 16.4 Å². The molecule has 1 aromatic carbocycles. The molecule has 1 aromatic rings. The Hall–Kier alpha value is -0.480. The van der Waals surface area contributed by atoms with Crippen LogP contribution in [0.4, 0.5) is 5.69 Å². The summed E-state index contributed by atoms with van der Waals surface area (Å²) in [4.78, 5) is 11.8. The van der Waals surface area contributed by atoms with Gasteiger partial charge in [0.2, 0.25) is 5.91 Å². The van der Waals surface area contributed by atoms with E-state index in [2.05, 4.69) is 42.0 Å². The first-order valence-electron chi connectivity index (χ1n) is 5.48. The second-order valence-electron chi connectivity index (χ2n) is 4.91. The molecule has 0 spiro atoms. The van der Waals surface area contributed by atoms with E-state index in [9.17, 15) is 4.79 Å². The molecular formula is C13H18BrNOS.